The lowest BCUT2D eigenvalue weighted by atomic mass is 10.1. The molecule has 4 heteroatoms. The molecule has 0 aliphatic carbocycles. The van der Waals surface area contributed by atoms with Gasteiger partial charge in [0.1, 0.15) is 0 Å². The first-order valence-corrected chi connectivity index (χ1v) is 6.24. The molecule has 1 amide bonds. The Morgan fingerprint density at radius 2 is 2.06 bits per heavy atom. The van der Waals surface area contributed by atoms with Gasteiger partial charge in [-0.25, -0.2) is 0 Å². The van der Waals surface area contributed by atoms with E-state index in [1.807, 2.05) is 25.1 Å². The van der Waals surface area contributed by atoms with Crippen molar-refractivity contribution in [2.45, 2.75) is 46.1 Å². The predicted molar refractivity (Wildman–Crippen MR) is 79.3 cm³/mol. The van der Waals surface area contributed by atoms with E-state index in [1.165, 1.54) is 11.1 Å². The Hall–Kier alpha value is -1.06. The van der Waals surface area contributed by atoms with E-state index in [1.54, 1.807) is 0 Å². The van der Waals surface area contributed by atoms with Gasteiger partial charge in [0.05, 0.1) is 6.04 Å². The van der Waals surface area contributed by atoms with Gasteiger partial charge in [-0.3, -0.25) is 4.79 Å². The van der Waals surface area contributed by atoms with E-state index in [4.69, 9.17) is 5.73 Å². The van der Waals surface area contributed by atoms with Crippen molar-refractivity contribution in [3.63, 3.8) is 0 Å². The highest BCUT2D eigenvalue weighted by Gasteiger charge is 2.12. The van der Waals surface area contributed by atoms with Gasteiger partial charge in [0.2, 0.25) is 5.91 Å². The molecular weight excluding hydrogens is 248 g/mol. The van der Waals surface area contributed by atoms with Crippen molar-refractivity contribution < 1.29 is 4.79 Å². The van der Waals surface area contributed by atoms with Crippen molar-refractivity contribution in [3.8, 4) is 0 Å². The SMILES string of the molecule is CCCC(N)C(=O)Nc1ccc(C)c(CC)c1.Cl. The van der Waals surface area contributed by atoms with Gasteiger partial charge < -0.3 is 11.1 Å². The Kier molecular flexibility index (Phi) is 7.64. The van der Waals surface area contributed by atoms with Gasteiger partial charge in [0.15, 0.2) is 0 Å². The summed E-state index contributed by atoms with van der Waals surface area (Å²) < 4.78 is 0. The van der Waals surface area contributed by atoms with E-state index in [-0.39, 0.29) is 18.3 Å². The van der Waals surface area contributed by atoms with Crippen LogP contribution in [0.4, 0.5) is 5.69 Å². The second kappa shape index (κ2) is 8.11. The molecule has 0 heterocycles. The van der Waals surface area contributed by atoms with Crippen LogP contribution in [0.1, 0.15) is 37.8 Å². The van der Waals surface area contributed by atoms with Gasteiger partial charge in [-0.05, 0) is 43.0 Å². The zero-order valence-electron chi connectivity index (χ0n) is 11.3. The Balaban J connectivity index is 0.00000289. The Morgan fingerprint density at radius 1 is 1.39 bits per heavy atom. The van der Waals surface area contributed by atoms with Crippen LogP contribution in [0.25, 0.3) is 0 Å². The summed E-state index contributed by atoms with van der Waals surface area (Å²) in [5, 5.41) is 2.86. The number of halogens is 1. The standard InChI is InChI=1S/C14H22N2O.ClH/c1-4-6-13(15)14(17)16-12-8-7-10(3)11(5-2)9-12;/h7-9,13H,4-6,15H2,1-3H3,(H,16,17);1H. The summed E-state index contributed by atoms with van der Waals surface area (Å²) in [4.78, 5) is 11.8. The largest absolute Gasteiger partial charge is 0.325 e. The number of carbonyl (C=O) groups excluding carboxylic acids is 1. The van der Waals surface area contributed by atoms with E-state index >= 15 is 0 Å². The molecule has 0 aliphatic rings. The lowest BCUT2D eigenvalue weighted by Crippen LogP contribution is -2.35. The molecular formula is C14H23ClN2O. The maximum Gasteiger partial charge on any atom is 0.241 e. The molecule has 0 bridgehead atoms. The lowest BCUT2D eigenvalue weighted by molar-refractivity contribution is -0.117. The molecule has 1 rings (SSSR count). The first-order valence-electron chi connectivity index (χ1n) is 6.24. The molecule has 3 nitrogen and oxygen atoms in total. The van der Waals surface area contributed by atoms with Gasteiger partial charge in [0, 0.05) is 5.69 Å². The maximum atomic E-state index is 11.8. The maximum absolute atomic E-state index is 11.8. The molecule has 0 fully saturated rings. The normalized spacial score (nSPS) is 11.6. The number of hydrogen-bond acceptors (Lipinski definition) is 2. The Bertz CT molecular complexity index is 393. The van der Waals surface area contributed by atoms with E-state index in [2.05, 4.69) is 19.2 Å². The Labute approximate surface area is 116 Å². The van der Waals surface area contributed by atoms with Crippen molar-refractivity contribution >= 4 is 24.0 Å². The fourth-order valence-electron chi connectivity index (χ4n) is 1.81. The topological polar surface area (TPSA) is 55.1 Å². The quantitative estimate of drug-likeness (QED) is 0.864. The zero-order chi connectivity index (χ0) is 12.8. The van der Waals surface area contributed by atoms with Crippen LogP contribution in [0.2, 0.25) is 0 Å². The molecule has 0 spiro atoms. The number of nitrogens with two attached hydrogens (primary N) is 1. The number of aryl methyl sites for hydroxylation is 2. The molecule has 1 aromatic carbocycles. The number of benzene rings is 1. The molecule has 0 radical (unpaired) electrons. The van der Waals surface area contributed by atoms with Crippen LogP contribution < -0.4 is 11.1 Å². The molecule has 1 unspecified atom stereocenters. The van der Waals surface area contributed by atoms with E-state index in [9.17, 15) is 4.79 Å². The van der Waals surface area contributed by atoms with Crippen LogP contribution in [-0.2, 0) is 11.2 Å². The third kappa shape index (κ3) is 4.67. The molecule has 18 heavy (non-hydrogen) atoms. The first kappa shape index (κ1) is 16.9. The van der Waals surface area contributed by atoms with E-state index < -0.39 is 6.04 Å². The summed E-state index contributed by atoms with van der Waals surface area (Å²) in [6, 6.07) is 5.56. The number of carbonyl (C=O) groups is 1. The van der Waals surface area contributed by atoms with Gasteiger partial charge in [0.25, 0.3) is 0 Å². The van der Waals surface area contributed by atoms with Crippen LogP contribution in [-0.4, -0.2) is 11.9 Å². The third-order valence-corrected chi connectivity index (χ3v) is 2.93. The molecule has 1 atom stereocenters. The summed E-state index contributed by atoms with van der Waals surface area (Å²) in [6.07, 6.45) is 2.61. The highest BCUT2D eigenvalue weighted by atomic mass is 35.5. The Morgan fingerprint density at radius 3 is 2.61 bits per heavy atom. The van der Waals surface area contributed by atoms with Crippen LogP contribution in [0.15, 0.2) is 18.2 Å². The van der Waals surface area contributed by atoms with Crippen LogP contribution in [0.5, 0.6) is 0 Å². The minimum atomic E-state index is -0.411. The second-order valence-corrected chi connectivity index (χ2v) is 4.38. The van der Waals surface area contributed by atoms with Crippen molar-refractivity contribution in [1.29, 1.82) is 0 Å². The number of hydrogen-bond donors (Lipinski definition) is 2. The number of nitrogens with one attached hydrogen (secondary N) is 1. The molecule has 0 aromatic heterocycles. The number of anilines is 1. The van der Waals surface area contributed by atoms with Crippen LogP contribution >= 0.6 is 12.4 Å². The van der Waals surface area contributed by atoms with Crippen molar-refractivity contribution in [1.82, 2.24) is 0 Å². The number of rotatable bonds is 5. The average molecular weight is 271 g/mol. The zero-order valence-corrected chi connectivity index (χ0v) is 12.1. The fraction of sp³-hybridized carbons (Fsp3) is 0.500. The average Bonchev–Trinajstić information content (AvgIpc) is 2.31. The van der Waals surface area contributed by atoms with E-state index in [0.717, 1.165) is 24.9 Å². The van der Waals surface area contributed by atoms with Gasteiger partial charge in [-0.15, -0.1) is 12.4 Å². The van der Waals surface area contributed by atoms with Crippen molar-refractivity contribution in [3.05, 3.63) is 29.3 Å². The smallest absolute Gasteiger partial charge is 0.241 e. The van der Waals surface area contributed by atoms with Crippen molar-refractivity contribution in [2.24, 2.45) is 5.73 Å². The summed E-state index contributed by atoms with van der Waals surface area (Å²) in [6.45, 7) is 6.21. The molecule has 3 N–H and O–H groups in total. The second-order valence-electron chi connectivity index (χ2n) is 4.38. The van der Waals surface area contributed by atoms with Gasteiger partial charge in [-0.1, -0.05) is 26.3 Å². The first-order chi connectivity index (χ1) is 8.08. The minimum absolute atomic E-state index is 0. The monoisotopic (exact) mass is 270 g/mol. The molecule has 0 saturated heterocycles. The number of amides is 1. The third-order valence-electron chi connectivity index (χ3n) is 2.93. The van der Waals surface area contributed by atoms with Gasteiger partial charge in [-0.2, -0.15) is 0 Å². The molecule has 0 saturated carbocycles. The molecule has 0 aliphatic heterocycles. The van der Waals surface area contributed by atoms with Crippen molar-refractivity contribution in [2.75, 3.05) is 5.32 Å². The van der Waals surface area contributed by atoms with Crippen LogP contribution in [0, 0.1) is 6.92 Å². The highest BCUT2D eigenvalue weighted by Crippen LogP contribution is 2.16. The summed E-state index contributed by atoms with van der Waals surface area (Å²) in [7, 11) is 0. The summed E-state index contributed by atoms with van der Waals surface area (Å²) >= 11 is 0. The molecule has 102 valence electrons. The molecule has 1 aromatic rings. The summed E-state index contributed by atoms with van der Waals surface area (Å²) in [5.74, 6) is -0.0993. The lowest BCUT2D eigenvalue weighted by Gasteiger charge is -2.12. The summed E-state index contributed by atoms with van der Waals surface area (Å²) in [5.41, 5.74) is 9.11. The van der Waals surface area contributed by atoms with Gasteiger partial charge >= 0.3 is 0 Å². The predicted octanol–water partition coefficient (Wildman–Crippen LogP) is 3.05. The highest BCUT2D eigenvalue weighted by molar-refractivity contribution is 5.94. The fourth-order valence-corrected chi connectivity index (χ4v) is 1.81. The van der Waals surface area contributed by atoms with Crippen LogP contribution in [0.3, 0.4) is 0 Å². The van der Waals surface area contributed by atoms with E-state index in [0.29, 0.717) is 0 Å². The minimum Gasteiger partial charge on any atom is -0.325 e.